The van der Waals surface area contributed by atoms with E-state index in [-0.39, 0.29) is 23.7 Å². The highest BCUT2D eigenvalue weighted by atomic mass is 16.2. The minimum Gasteiger partial charge on any atom is -0.353 e. The highest BCUT2D eigenvalue weighted by Gasteiger charge is 2.34. The molecule has 2 saturated heterocycles. The molecule has 0 spiro atoms. The maximum absolute atomic E-state index is 13.7. The highest BCUT2D eigenvalue weighted by molar-refractivity contribution is 5.87. The monoisotopic (exact) mass is 487 g/mol. The van der Waals surface area contributed by atoms with E-state index in [0.29, 0.717) is 12.1 Å². The lowest BCUT2D eigenvalue weighted by molar-refractivity contribution is -0.134. The maximum Gasteiger partial charge on any atom is 0.234 e. The minimum absolute atomic E-state index is 0.169. The van der Waals surface area contributed by atoms with Gasteiger partial charge in [-0.15, -0.1) is 0 Å². The molecular weight excluding hydrogens is 446 g/mol. The molecular formula is C31H41N3O2. The number of carbonyl (C=O) groups excluding carboxylic acids is 2. The smallest absolute Gasteiger partial charge is 0.234 e. The Morgan fingerprint density at radius 1 is 0.694 bits per heavy atom. The summed E-state index contributed by atoms with van der Waals surface area (Å²) in [7, 11) is 0. The Bertz CT molecular complexity index is 934. The second-order valence-corrected chi connectivity index (χ2v) is 11.0. The van der Waals surface area contributed by atoms with Crippen molar-refractivity contribution in [3.05, 3.63) is 71.8 Å². The predicted molar refractivity (Wildman–Crippen MR) is 144 cm³/mol. The van der Waals surface area contributed by atoms with E-state index in [9.17, 15) is 9.59 Å². The van der Waals surface area contributed by atoms with Gasteiger partial charge in [0.25, 0.3) is 0 Å². The lowest BCUT2D eigenvalue weighted by Crippen LogP contribution is -2.51. The van der Waals surface area contributed by atoms with Crippen molar-refractivity contribution in [1.82, 2.24) is 15.1 Å². The number of rotatable bonds is 6. The third kappa shape index (κ3) is 6.00. The molecule has 1 saturated carbocycles. The molecule has 36 heavy (non-hydrogen) atoms. The second kappa shape index (κ2) is 12.1. The number of hydrogen-bond acceptors (Lipinski definition) is 3. The lowest BCUT2D eigenvalue weighted by Gasteiger charge is -2.42. The van der Waals surface area contributed by atoms with Gasteiger partial charge in [0.05, 0.1) is 5.92 Å². The summed E-state index contributed by atoms with van der Waals surface area (Å²) in [4.78, 5) is 31.2. The molecule has 2 aromatic rings. The summed E-state index contributed by atoms with van der Waals surface area (Å²) in [6.45, 7) is 3.61. The van der Waals surface area contributed by atoms with Crippen molar-refractivity contribution in [2.75, 3.05) is 26.2 Å². The number of nitrogens with one attached hydrogen (secondary N) is 1. The van der Waals surface area contributed by atoms with Crippen molar-refractivity contribution in [1.29, 1.82) is 0 Å². The summed E-state index contributed by atoms with van der Waals surface area (Å²) >= 11 is 0. The van der Waals surface area contributed by atoms with E-state index < -0.39 is 0 Å². The van der Waals surface area contributed by atoms with Gasteiger partial charge in [0, 0.05) is 31.1 Å². The first-order chi connectivity index (χ1) is 17.7. The van der Waals surface area contributed by atoms with Gasteiger partial charge in [-0.1, -0.05) is 79.9 Å². The van der Waals surface area contributed by atoms with Crippen LogP contribution in [0.2, 0.25) is 0 Å². The van der Waals surface area contributed by atoms with Crippen LogP contribution in [-0.4, -0.2) is 59.9 Å². The zero-order chi connectivity index (χ0) is 24.7. The Kier molecular flexibility index (Phi) is 8.37. The van der Waals surface area contributed by atoms with Gasteiger partial charge in [0.2, 0.25) is 11.8 Å². The maximum atomic E-state index is 13.7. The molecule has 2 amide bonds. The van der Waals surface area contributed by atoms with Crippen LogP contribution in [0.5, 0.6) is 0 Å². The Balaban J connectivity index is 1.13. The van der Waals surface area contributed by atoms with Gasteiger partial charge < -0.3 is 15.1 Å². The molecule has 5 nitrogen and oxygen atoms in total. The van der Waals surface area contributed by atoms with Gasteiger partial charge in [-0.25, -0.2) is 0 Å². The SMILES string of the molecule is O=C(NC1CCCCC1)C1CCN(C2CCN(C(=O)C(c3ccccc3)c3ccccc3)CC2)CC1. The van der Waals surface area contributed by atoms with Crippen LogP contribution < -0.4 is 5.32 Å². The van der Waals surface area contributed by atoms with Crippen LogP contribution in [0.3, 0.4) is 0 Å². The Morgan fingerprint density at radius 3 is 1.81 bits per heavy atom. The lowest BCUT2D eigenvalue weighted by atomic mass is 9.88. The van der Waals surface area contributed by atoms with Crippen LogP contribution in [0.4, 0.5) is 0 Å². The number of carbonyl (C=O) groups is 2. The number of amides is 2. The van der Waals surface area contributed by atoms with Crippen molar-refractivity contribution in [2.24, 2.45) is 5.92 Å². The van der Waals surface area contributed by atoms with Crippen molar-refractivity contribution in [3.63, 3.8) is 0 Å². The molecule has 2 heterocycles. The molecule has 1 N–H and O–H groups in total. The van der Waals surface area contributed by atoms with E-state index in [0.717, 1.165) is 75.8 Å². The molecule has 2 aliphatic heterocycles. The van der Waals surface area contributed by atoms with Gasteiger partial charge in [-0.2, -0.15) is 0 Å². The third-order valence-electron chi connectivity index (χ3n) is 8.66. The van der Waals surface area contributed by atoms with E-state index in [1.807, 2.05) is 36.4 Å². The number of piperidine rings is 2. The van der Waals surface area contributed by atoms with Crippen molar-refractivity contribution < 1.29 is 9.59 Å². The average molecular weight is 488 g/mol. The molecule has 0 aromatic heterocycles. The Labute approximate surface area is 216 Å². The summed E-state index contributed by atoms with van der Waals surface area (Å²) in [6, 6.07) is 21.3. The van der Waals surface area contributed by atoms with Crippen molar-refractivity contribution in [2.45, 2.75) is 75.8 Å². The van der Waals surface area contributed by atoms with Gasteiger partial charge in [0.15, 0.2) is 0 Å². The first-order valence-corrected chi connectivity index (χ1v) is 14.1. The molecule has 1 aliphatic carbocycles. The Hall–Kier alpha value is -2.66. The topological polar surface area (TPSA) is 52.7 Å². The summed E-state index contributed by atoms with van der Waals surface area (Å²) in [5, 5.41) is 3.34. The van der Waals surface area contributed by atoms with Crippen LogP contribution >= 0.6 is 0 Å². The molecule has 3 aliphatic rings. The summed E-state index contributed by atoms with van der Waals surface area (Å²) in [5.41, 5.74) is 2.12. The molecule has 0 atom stereocenters. The number of nitrogens with zero attached hydrogens (tertiary/aromatic N) is 2. The van der Waals surface area contributed by atoms with Gasteiger partial charge in [0.1, 0.15) is 0 Å². The fraction of sp³-hybridized carbons (Fsp3) is 0.548. The molecule has 5 heteroatoms. The van der Waals surface area contributed by atoms with Crippen LogP contribution in [0.15, 0.2) is 60.7 Å². The van der Waals surface area contributed by atoms with E-state index in [2.05, 4.69) is 39.4 Å². The molecule has 192 valence electrons. The molecule has 0 unspecified atom stereocenters. The fourth-order valence-electron chi connectivity index (χ4n) is 6.50. The molecule has 2 aromatic carbocycles. The third-order valence-corrected chi connectivity index (χ3v) is 8.66. The minimum atomic E-state index is -0.248. The van der Waals surface area contributed by atoms with Crippen LogP contribution in [0, 0.1) is 5.92 Å². The summed E-state index contributed by atoms with van der Waals surface area (Å²) < 4.78 is 0. The second-order valence-electron chi connectivity index (χ2n) is 11.0. The number of hydrogen-bond donors (Lipinski definition) is 1. The van der Waals surface area contributed by atoms with E-state index >= 15 is 0 Å². The zero-order valence-electron chi connectivity index (χ0n) is 21.5. The van der Waals surface area contributed by atoms with Gasteiger partial charge in [-0.05, 0) is 62.7 Å². The number of benzene rings is 2. The normalized spacial score (nSPS) is 21.0. The first-order valence-electron chi connectivity index (χ1n) is 14.1. The quantitative estimate of drug-likeness (QED) is 0.626. The van der Waals surface area contributed by atoms with Crippen LogP contribution in [0.25, 0.3) is 0 Å². The van der Waals surface area contributed by atoms with E-state index in [1.54, 1.807) is 0 Å². The van der Waals surface area contributed by atoms with Crippen LogP contribution in [-0.2, 0) is 9.59 Å². The molecule has 5 rings (SSSR count). The number of likely N-dealkylation sites (tertiary alicyclic amines) is 2. The largest absolute Gasteiger partial charge is 0.353 e. The fourth-order valence-corrected chi connectivity index (χ4v) is 6.50. The molecule has 0 bridgehead atoms. The molecule has 3 fully saturated rings. The first kappa shape index (κ1) is 25.0. The standard InChI is InChI=1S/C31H41N3O2/c35-30(32-27-14-8-3-9-15-27)26-16-20-33(21-17-26)28-18-22-34(23-19-28)31(36)29(24-10-4-1-5-11-24)25-12-6-2-7-13-25/h1-2,4-7,10-13,26-29H,3,8-9,14-23H2,(H,32,35). The van der Waals surface area contributed by atoms with E-state index in [1.165, 1.54) is 19.3 Å². The van der Waals surface area contributed by atoms with Crippen molar-refractivity contribution >= 4 is 11.8 Å². The average Bonchev–Trinajstić information content (AvgIpc) is 2.95. The molecule has 0 radical (unpaired) electrons. The zero-order valence-corrected chi connectivity index (χ0v) is 21.5. The van der Waals surface area contributed by atoms with Gasteiger partial charge >= 0.3 is 0 Å². The van der Waals surface area contributed by atoms with Crippen molar-refractivity contribution in [3.8, 4) is 0 Å². The van der Waals surface area contributed by atoms with E-state index in [4.69, 9.17) is 0 Å². The highest BCUT2D eigenvalue weighted by Crippen LogP contribution is 2.30. The summed E-state index contributed by atoms with van der Waals surface area (Å²) in [6.07, 6.45) is 10.1. The Morgan fingerprint density at radius 2 is 1.25 bits per heavy atom. The predicted octanol–water partition coefficient (Wildman–Crippen LogP) is 4.97. The van der Waals surface area contributed by atoms with Crippen LogP contribution in [0.1, 0.15) is 74.8 Å². The van der Waals surface area contributed by atoms with Gasteiger partial charge in [-0.3, -0.25) is 9.59 Å². The summed E-state index contributed by atoms with van der Waals surface area (Å²) in [5.74, 6) is 0.420.